The summed E-state index contributed by atoms with van der Waals surface area (Å²) in [5.41, 5.74) is 1.41. The van der Waals surface area contributed by atoms with Crippen molar-refractivity contribution in [1.82, 2.24) is 18.8 Å². The van der Waals surface area contributed by atoms with Gasteiger partial charge in [-0.25, -0.2) is 8.42 Å². The number of sulfonamides is 1. The molecular formula is C21H24N4O3S2. The Balaban J connectivity index is 1.65. The van der Waals surface area contributed by atoms with Gasteiger partial charge in [-0.3, -0.25) is 4.79 Å². The van der Waals surface area contributed by atoms with Gasteiger partial charge in [0.2, 0.25) is 15.9 Å². The number of hydrogen-bond acceptors (Lipinski definition) is 6. The van der Waals surface area contributed by atoms with Gasteiger partial charge in [0.25, 0.3) is 0 Å². The lowest BCUT2D eigenvalue weighted by atomic mass is 9.85. The molecule has 0 radical (unpaired) electrons. The van der Waals surface area contributed by atoms with Crippen molar-refractivity contribution in [2.45, 2.75) is 49.6 Å². The summed E-state index contributed by atoms with van der Waals surface area (Å²) in [6.07, 6.45) is 4.19. The monoisotopic (exact) mass is 444 g/mol. The fourth-order valence-electron chi connectivity index (χ4n) is 3.93. The number of nitrogens with zero attached hydrogens (tertiary/aromatic N) is 2. The Morgan fingerprint density at radius 2 is 1.83 bits per heavy atom. The molecule has 4 rings (SSSR count). The van der Waals surface area contributed by atoms with E-state index in [1.54, 1.807) is 36.4 Å². The highest BCUT2D eigenvalue weighted by atomic mass is 32.2. The van der Waals surface area contributed by atoms with Crippen molar-refractivity contribution in [1.29, 1.82) is 0 Å². The molecule has 9 heteroatoms. The maximum absolute atomic E-state index is 13.2. The molecule has 1 fully saturated rings. The van der Waals surface area contributed by atoms with Gasteiger partial charge in [-0.15, -0.1) is 0 Å². The largest absolute Gasteiger partial charge is 0.351 e. The smallest absolute Gasteiger partial charge is 0.243 e. The molecule has 1 amide bonds. The third-order valence-electron chi connectivity index (χ3n) is 5.65. The molecule has 30 heavy (non-hydrogen) atoms. The van der Waals surface area contributed by atoms with E-state index in [4.69, 9.17) is 0 Å². The van der Waals surface area contributed by atoms with Crippen LogP contribution in [0.25, 0.3) is 11.0 Å². The molecule has 1 aromatic heterocycles. The van der Waals surface area contributed by atoms with Gasteiger partial charge in [-0.1, -0.05) is 56.2 Å². The Hall–Kier alpha value is -2.36. The van der Waals surface area contributed by atoms with Gasteiger partial charge in [0, 0.05) is 6.04 Å². The zero-order valence-electron chi connectivity index (χ0n) is 16.6. The summed E-state index contributed by atoms with van der Waals surface area (Å²) in [6.45, 7) is 2.13. The lowest BCUT2D eigenvalue weighted by molar-refractivity contribution is -0.124. The molecule has 7 nitrogen and oxygen atoms in total. The van der Waals surface area contributed by atoms with E-state index in [0.717, 1.165) is 37.4 Å². The van der Waals surface area contributed by atoms with Crippen LogP contribution in [0, 0.1) is 5.92 Å². The zero-order chi connectivity index (χ0) is 21.1. The first-order chi connectivity index (χ1) is 14.5. The Kier molecular flexibility index (Phi) is 6.12. The average molecular weight is 445 g/mol. The second-order valence-electron chi connectivity index (χ2n) is 7.73. The number of benzene rings is 2. The van der Waals surface area contributed by atoms with Crippen molar-refractivity contribution in [3.8, 4) is 0 Å². The topological polar surface area (TPSA) is 101 Å². The van der Waals surface area contributed by atoms with Crippen LogP contribution in [0.5, 0.6) is 0 Å². The average Bonchev–Trinajstić information content (AvgIpc) is 3.23. The number of carbonyl (C=O) groups excluding carboxylic acids is 1. The van der Waals surface area contributed by atoms with Crippen LogP contribution in [0.15, 0.2) is 53.4 Å². The van der Waals surface area contributed by atoms with Crippen molar-refractivity contribution >= 4 is 38.7 Å². The van der Waals surface area contributed by atoms with Crippen LogP contribution < -0.4 is 10.0 Å². The van der Waals surface area contributed by atoms with E-state index in [1.165, 1.54) is 6.07 Å². The first-order valence-corrected chi connectivity index (χ1v) is 12.3. The minimum Gasteiger partial charge on any atom is -0.351 e. The molecule has 0 spiro atoms. The van der Waals surface area contributed by atoms with Gasteiger partial charge in [-0.05, 0) is 36.5 Å². The predicted molar refractivity (Wildman–Crippen MR) is 116 cm³/mol. The number of carbonyl (C=O) groups is 1. The molecule has 0 saturated heterocycles. The fraction of sp³-hybridized carbons (Fsp3) is 0.381. The van der Waals surface area contributed by atoms with Crippen molar-refractivity contribution in [2.24, 2.45) is 5.92 Å². The van der Waals surface area contributed by atoms with Crippen LogP contribution in [0.4, 0.5) is 0 Å². The van der Waals surface area contributed by atoms with Gasteiger partial charge in [0.05, 0.1) is 11.7 Å². The number of hydrogen-bond donors (Lipinski definition) is 2. The Morgan fingerprint density at radius 3 is 2.60 bits per heavy atom. The third kappa shape index (κ3) is 4.38. The zero-order valence-corrected chi connectivity index (χ0v) is 18.2. The minimum absolute atomic E-state index is 0.0218. The number of amides is 1. The van der Waals surface area contributed by atoms with E-state index < -0.39 is 16.1 Å². The second-order valence-corrected chi connectivity index (χ2v) is 9.94. The van der Waals surface area contributed by atoms with E-state index in [-0.39, 0.29) is 16.8 Å². The van der Waals surface area contributed by atoms with Gasteiger partial charge in [0.1, 0.15) is 22.0 Å². The highest BCUT2D eigenvalue weighted by Gasteiger charge is 2.31. The van der Waals surface area contributed by atoms with Gasteiger partial charge < -0.3 is 5.32 Å². The summed E-state index contributed by atoms with van der Waals surface area (Å²) in [4.78, 5) is 13.2. The number of nitrogens with one attached hydrogen (secondary N) is 2. The standard InChI is InChI=1S/C21H24N4O3S2/c1-14-8-5-6-11-16(14)22-21(26)19(15-9-3-2-4-10-15)25-30(27,28)18-13-7-12-17-20(18)24-29-23-17/h2-4,7,9-10,12-14,16,19,25H,5-6,8,11H2,1H3,(H,22,26). The molecule has 2 aromatic carbocycles. The maximum atomic E-state index is 13.2. The van der Waals surface area contributed by atoms with E-state index in [9.17, 15) is 13.2 Å². The molecule has 0 aliphatic heterocycles. The van der Waals surface area contributed by atoms with Crippen LogP contribution in [0.1, 0.15) is 44.2 Å². The van der Waals surface area contributed by atoms with E-state index in [0.29, 0.717) is 22.5 Å². The Bertz CT molecular complexity index is 1130. The lowest BCUT2D eigenvalue weighted by Crippen LogP contribution is -2.47. The highest BCUT2D eigenvalue weighted by molar-refractivity contribution is 7.89. The molecule has 1 aliphatic rings. The summed E-state index contributed by atoms with van der Waals surface area (Å²) < 4.78 is 37.3. The highest BCUT2D eigenvalue weighted by Crippen LogP contribution is 2.26. The van der Waals surface area contributed by atoms with E-state index in [2.05, 4.69) is 25.7 Å². The molecule has 1 aliphatic carbocycles. The minimum atomic E-state index is -4.01. The first-order valence-electron chi connectivity index (χ1n) is 10.0. The van der Waals surface area contributed by atoms with E-state index in [1.807, 2.05) is 6.07 Å². The third-order valence-corrected chi connectivity index (χ3v) is 7.64. The van der Waals surface area contributed by atoms with Crippen LogP contribution >= 0.6 is 11.7 Å². The quantitative estimate of drug-likeness (QED) is 0.607. The molecular weight excluding hydrogens is 420 g/mol. The fourth-order valence-corrected chi connectivity index (χ4v) is 5.88. The molecule has 3 unspecified atom stereocenters. The Labute approximate surface area is 180 Å². The summed E-state index contributed by atoms with van der Waals surface area (Å²) in [7, 11) is -4.01. The van der Waals surface area contributed by atoms with Crippen LogP contribution in [0.3, 0.4) is 0 Å². The summed E-state index contributed by atoms with van der Waals surface area (Å²) in [5.74, 6) is 0.0256. The van der Waals surface area contributed by atoms with Crippen molar-refractivity contribution in [3.63, 3.8) is 0 Å². The van der Waals surface area contributed by atoms with Crippen LogP contribution in [-0.4, -0.2) is 29.1 Å². The SMILES string of the molecule is CC1CCCCC1NC(=O)C(NS(=O)(=O)c1cccc2nsnc12)c1ccccc1. The lowest BCUT2D eigenvalue weighted by Gasteiger charge is -2.31. The summed E-state index contributed by atoms with van der Waals surface area (Å²) in [6, 6.07) is 12.7. The second kappa shape index (κ2) is 8.79. The van der Waals surface area contributed by atoms with E-state index >= 15 is 0 Å². The number of rotatable bonds is 6. The van der Waals surface area contributed by atoms with Gasteiger partial charge in [-0.2, -0.15) is 13.5 Å². The van der Waals surface area contributed by atoms with Crippen LogP contribution in [0.2, 0.25) is 0 Å². The first kappa shape index (κ1) is 20.9. The predicted octanol–water partition coefficient (Wildman–Crippen LogP) is 3.41. The molecule has 0 bridgehead atoms. The van der Waals surface area contributed by atoms with Gasteiger partial charge >= 0.3 is 0 Å². The molecule has 1 saturated carbocycles. The van der Waals surface area contributed by atoms with Gasteiger partial charge in [0.15, 0.2) is 0 Å². The van der Waals surface area contributed by atoms with Crippen molar-refractivity contribution < 1.29 is 13.2 Å². The number of aromatic nitrogens is 2. The summed E-state index contributed by atoms with van der Waals surface area (Å²) >= 11 is 0.957. The Morgan fingerprint density at radius 1 is 1.07 bits per heavy atom. The molecule has 3 aromatic rings. The molecule has 158 valence electrons. The molecule has 2 N–H and O–H groups in total. The van der Waals surface area contributed by atoms with Crippen LogP contribution in [-0.2, 0) is 14.8 Å². The molecule has 1 heterocycles. The van der Waals surface area contributed by atoms with Crippen molar-refractivity contribution in [2.75, 3.05) is 0 Å². The summed E-state index contributed by atoms with van der Waals surface area (Å²) in [5, 5.41) is 3.08. The normalized spacial score (nSPS) is 20.7. The van der Waals surface area contributed by atoms with Crippen molar-refractivity contribution in [3.05, 3.63) is 54.1 Å². The number of fused-ring (bicyclic) bond motifs is 1. The maximum Gasteiger partial charge on any atom is 0.243 e. The molecule has 3 atom stereocenters.